The molecule has 0 fully saturated rings. The van der Waals surface area contributed by atoms with Crippen molar-refractivity contribution in [3.8, 4) is 0 Å². The van der Waals surface area contributed by atoms with Crippen LogP contribution in [0.2, 0.25) is 0 Å². The molecule has 1 aromatic carbocycles. The summed E-state index contributed by atoms with van der Waals surface area (Å²) in [6.45, 7) is 1.82. The fraction of sp³-hybridized carbons (Fsp3) is 0.100. The normalized spacial score (nSPS) is 10.5. The minimum Gasteiger partial charge on any atom is -0.478 e. The van der Waals surface area contributed by atoms with Gasteiger partial charge in [-0.2, -0.15) is 0 Å². The van der Waals surface area contributed by atoms with Gasteiger partial charge in [0.25, 0.3) is 0 Å². The summed E-state index contributed by atoms with van der Waals surface area (Å²) >= 11 is 0. The number of hydrogen-bond acceptors (Lipinski definition) is 4. The molecule has 0 saturated carbocycles. The number of nitrogens with two attached hydrogens (primary N) is 2. The Morgan fingerprint density at radius 3 is 2.73 bits per heavy atom. The molecule has 1 aromatic rings. The second-order valence-electron chi connectivity index (χ2n) is 3.07. The third-order valence-corrected chi connectivity index (χ3v) is 1.91. The molecule has 0 spiro atoms. The van der Waals surface area contributed by atoms with Crippen LogP contribution in [0.1, 0.15) is 15.9 Å². The van der Waals surface area contributed by atoms with Crippen molar-refractivity contribution in [2.75, 3.05) is 5.01 Å². The number of hydrazine groups is 1. The molecule has 0 aliphatic carbocycles. The molecule has 0 amide bonds. The molecule has 5 heteroatoms. The van der Waals surface area contributed by atoms with Crippen LogP contribution in [0.5, 0.6) is 0 Å². The predicted octanol–water partition coefficient (Wildman–Crippen LogP) is 0.803. The summed E-state index contributed by atoms with van der Waals surface area (Å²) in [6.07, 6.45) is 2.63. The van der Waals surface area contributed by atoms with E-state index in [4.69, 9.17) is 16.7 Å². The Morgan fingerprint density at radius 2 is 2.20 bits per heavy atom. The van der Waals surface area contributed by atoms with Gasteiger partial charge in [0.15, 0.2) is 0 Å². The number of carboxylic acid groups (broad SMARTS) is 1. The van der Waals surface area contributed by atoms with Crippen LogP contribution in [0.15, 0.2) is 30.6 Å². The molecule has 0 atom stereocenters. The van der Waals surface area contributed by atoms with Crippen molar-refractivity contribution in [2.24, 2.45) is 11.6 Å². The summed E-state index contributed by atoms with van der Waals surface area (Å²) in [5, 5.41) is 10.1. The van der Waals surface area contributed by atoms with Crippen LogP contribution in [0.4, 0.5) is 5.69 Å². The van der Waals surface area contributed by atoms with Gasteiger partial charge in [-0.05, 0) is 19.1 Å². The average molecular weight is 207 g/mol. The molecule has 1 rings (SSSR count). The van der Waals surface area contributed by atoms with Gasteiger partial charge in [0.05, 0.1) is 11.3 Å². The smallest absolute Gasteiger partial charge is 0.337 e. The Labute approximate surface area is 87.6 Å². The lowest BCUT2D eigenvalue weighted by molar-refractivity contribution is 0.0697. The highest BCUT2D eigenvalue weighted by atomic mass is 16.4. The third-order valence-electron chi connectivity index (χ3n) is 1.91. The molecule has 15 heavy (non-hydrogen) atoms. The number of nitrogens with zero attached hydrogens (tertiary/aromatic N) is 1. The van der Waals surface area contributed by atoms with E-state index in [1.807, 2.05) is 6.92 Å². The average Bonchev–Trinajstić information content (AvgIpc) is 2.17. The van der Waals surface area contributed by atoms with Gasteiger partial charge in [-0.3, -0.25) is 5.01 Å². The second kappa shape index (κ2) is 4.47. The maximum Gasteiger partial charge on any atom is 0.337 e. The number of hydrogen-bond donors (Lipinski definition) is 3. The van der Waals surface area contributed by atoms with E-state index in [2.05, 4.69) is 0 Å². The highest BCUT2D eigenvalue weighted by Crippen LogP contribution is 2.20. The van der Waals surface area contributed by atoms with E-state index in [1.54, 1.807) is 18.2 Å². The zero-order valence-corrected chi connectivity index (χ0v) is 8.34. The van der Waals surface area contributed by atoms with Crippen LogP contribution in [0.3, 0.4) is 0 Å². The summed E-state index contributed by atoms with van der Waals surface area (Å²) in [7, 11) is 0. The number of rotatable bonds is 3. The maximum atomic E-state index is 10.9. The van der Waals surface area contributed by atoms with E-state index < -0.39 is 5.97 Å². The van der Waals surface area contributed by atoms with E-state index in [9.17, 15) is 4.79 Å². The van der Waals surface area contributed by atoms with Crippen molar-refractivity contribution < 1.29 is 9.90 Å². The Bertz CT molecular complexity index is 402. The number of benzene rings is 1. The molecule has 5 N–H and O–H groups in total. The fourth-order valence-electron chi connectivity index (χ4n) is 1.22. The number of anilines is 1. The van der Waals surface area contributed by atoms with Crippen molar-refractivity contribution in [1.29, 1.82) is 0 Å². The topological polar surface area (TPSA) is 92.6 Å². The number of aromatic carboxylic acids is 1. The van der Waals surface area contributed by atoms with Crippen molar-refractivity contribution >= 4 is 11.7 Å². The fourth-order valence-corrected chi connectivity index (χ4v) is 1.22. The first-order chi connectivity index (χ1) is 7.06. The summed E-state index contributed by atoms with van der Waals surface area (Å²) in [4.78, 5) is 10.9. The highest BCUT2D eigenvalue weighted by molar-refractivity contribution is 5.94. The summed E-state index contributed by atoms with van der Waals surface area (Å²) in [5.74, 6) is 4.58. The Balaban J connectivity index is 3.22. The van der Waals surface area contributed by atoms with Crippen LogP contribution >= 0.6 is 0 Å². The second-order valence-corrected chi connectivity index (χ2v) is 3.07. The van der Waals surface area contributed by atoms with Gasteiger partial charge < -0.3 is 10.8 Å². The molecule has 0 radical (unpaired) electrons. The van der Waals surface area contributed by atoms with Gasteiger partial charge in [0, 0.05) is 12.4 Å². The first-order valence-electron chi connectivity index (χ1n) is 4.32. The molecular weight excluding hydrogens is 194 g/mol. The largest absolute Gasteiger partial charge is 0.478 e. The molecule has 0 bridgehead atoms. The standard InChI is InChI=1S/C10H13N3O2/c1-7-2-3-9(13(12)5-4-11)8(6-7)10(14)15/h2-6H,11-12H2,1H3,(H,14,15)/b5-4-. The first-order valence-corrected chi connectivity index (χ1v) is 4.32. The van der Waals surface area contributed by atoms with E-state index in [0.29, 0.717) is 5.69 Å². The van der Waals surface area contributed by atoms with E-state index in [-0.39, 0.29) is 5.56 Å². The molecule has 5 nitrogen and oxygen atoms in total. The van der Waals surface area contributed by atoms with Gasteiger partial charge in [-0.15, -0.1) is 0 Å². The van der Waals surface area contributed by atoms with Crippen molar-refractivity contribution in [3.63, 3.8) is 0 Å². The quantitative estimate of drug-likeness (QED) is 0.503. The molecule has 80 valence electrons. The van der Waals surface area contributed by atoms with E-state index >= 15 is 0 Å². The molecule has 0 aliphatic rings. The van der Waals surface area contributed by atoms with Crippen LogP contribution in [0.25, 0.3) is 0 Å². The van der Waals surface area contributed by atoms with Gasteiger partial charge in [-0.1, -0.05) is 11.6 Å². The number of carboxylic acids is 1. The van der Waals surface area contributed by atoms with Crippen molar-refractivity contribution in [2.45, 2.75) is 6.92 Å². The zero-order valence-electron chi connectivity index (χ0n) is 8.34. The molecular formula is C10H13N3O2. The van der Waals surface area contributed by atoms with Crippen LogP contribution in [-0.4, -0.2) is 11.1 Å². The molecule has 0 aliphatic heterocycles. The van der Waals surface area contributed by atoms with Crippen molar-refractivity contribution in [3.05, 3.63) is 41.7 Å². The minimum absolute atomic E-state index is 0.149. The number of carbonyl (C=O) groups is 1. The van der Waals surface area contributed by atoms with Crippen LogP contribution in [-0.2, 0) is 0 Å². The number of aryl methyl sites for hydroxylation is 1. The van der Waals surface area contributed by atoms with Crippen LogP contribution in [0, 0.1) is 6.92 Å². The van der Waals surface area contributed by atoms with Gasteiger partial charge >= 0.3 is 5.97 Å². The summed E-state index contributed by atoms with van der Waals surface area (Å²) in [5.41, 5.74) is 6.58. The first kappa shape index (κ1) is 11.1. The van der Waals surface area contributed by atoms with Crippen molar-refractivity contribution in [1.82, 2.24) is 0 Å². The minimum atomic E-state index is -1.02. The van der Waals surface area contributed by atoms with Gasteiger partial charge in [-0.25, -0.2) is 10.6 Å². The van der Waals surface area contributed by atoms with Crippen LogP contribution < -0.4 is 16.6 Å². The molecule has 0 saturated heterocycles. The Hall–Kier alpha value is -2.01. The Kier molecular flexibility index (Phi) is 3.30. The zero-order chi connectivity index (χ0) is 11.4. The van der Waals surface area contributed by atoms with Gasteiger partial charge in [0.1, 0.15) is 0 Å². The van der Waals surface area contributed by atoms with E-state index in [0.717, 1.165) is 5.56 Å². The summed E-state index contributed by atoms with van der Waals surface area (Å²) < 4.78 is 0. The van der Waals surface area contributed by atoms with Gasteiger partial charge in [0.2, 0.25) is 0 Å². The summed E-state index contributed by atoms with van der Waals surface area (Å²) in [6, 6.07) is 4.98. The van der Waals surface area contributed by atoms with E-state index in [1.165, 1.54) is 17.4 Å². The maximum absolute atomic E-state index is 10.9. The molecule has 0 heterocycles. The molecule has 0 unspecified atom stereocenters. The Morgan fingerprint density at radius 1 is 1.53 bits per heavy atom. The lowest BCUT2D eigenvalue weighted by Gasteiger charge is -2.16. The SMILES string of the molecule is Cc1ccc(N(N)/C=C\N)c(C(=O)O)c1. The lowest BCUT2D eigenvalue weighted by atomic mass is 10.1. The third kappa shape index (κ3) is 2.47. The lowest BCUT2D eigenvalue weighted by Crippen LogP contribution is -2.26. The highest BCUT2D eigenvalue weighted by Gasteiger charge is 2.12. The predicted molar refractivity (Wildman–Crippen MR) is 58.1 cm³/mol. The monoisotopic (exact) mass is 207 g/mol. The molecule has 0 aromatic heterocycles.